The molecule has 1 aromatic heterocycles. The highest BCUT2D eigenvalue weighted by Crippen LogP contribution is 2.42. The Morgan fingerprint density at radius 1 is 1.22 bits per heavy atom. The van der Waals surface area contributed by atoms with E-state index in [0.29, 0.717) is 25.6 Å². The fraction of sp³-hybridized carbons (Fsp3) is 0.571. The van der Waals surface area contributed by atoms with Gasteiger partial charge in [-0.2, -0.15) is 0 Å². The summed E-state index contributed by atoms with van der Waals surface area (Å²) in [7, 11) is 1.88. The number of hydrogen-bond donors (Lipinski definition) is 0. The van der Waals surface area contributed by atoms with E-state index in [0.717, 1.165) is 55.5 Å². The zero-order valence-corrected chi connectivity index (χ0v) is 15.9. The average Bonchev–Trinajstić information content (AvgIpc) is 3.33. The van der Waals surface area contributed by atoms with Crippen LogP contribution in [0.25, 0.3) is 11.0 Å². The lowest BCUT2D eigenvalue weighted by atomic mass is 9.78. The molecule has 2 saturated heterocycles. The number of benzene rings is 1. The molecule has 2 aliphatic heterocycles. The summed E-state index contributed by atoms with van der Waals surface area (Å²) in [6.07, 6.45) is 5.04. The highest BCUT2D eigenvalue weighted by Gasteiger charge is 2.48. The first kappa shape index (κ1) is 16.8. The van der Waals surface area contributed by atoms with E-state index in [4.69, 9.17) is 4.98 Å². The highest BCUT2D eigenvalue weighted by atomic mass is 16.2. The Hall–Kier alpha value is -2.37. The molecule has 2 amide bonds. The lowest BCUT2D eigenvalue weighted by Crippen LogP contribution is -2.48. The molecular weight excluding hydrogens is 340 g/mol. The van der Waals surface area contributed by atoms with E-state index in [1.54, 1.807) is 0 Å². The van der Waals surface area contributed by atoms with E-state index in [9.17, 15) is 9.59 Å². The number of rotatable bonds is 3. The zero-order valence-electron chi connectivity index (χ0n) is 15.9. The Morgan fingerprint density at radius 2 is 2.04 bits per heavy atom. The van der Waals surface area contributed by atoms with Crippen molar-refractivity contribution in [3.05, 3.63) is 30.1 Å². The van der Waals surface area contributed by atoms with Crippen molar-refractivity contribution >= 4 is 22.8 Å². The van der Waals surface area contributed by atoms with Crippen LogP contribution in [-0.2, 0) is 16.1 Å². The standard InChI is InChI=1S/C21H26N4O2/c1-23-11-4-9-21(20(23)27)10-12-24(14-21)18(26)13-25-17-6-3-2-5-16(17)22-19(25)15-7-8-15/h2-3,5-6,15H,4,7-14H2,1H3. The van der Waals surface area contributed by atoms with E-state index in [1.807, 2.05) is 41.1 Å². The number of hydrogen-bond acceptors (Lipinski definition) is 3. The summed E-state index contributed by atoms with van der Waals surface area (Å²) in [5.41, 5.74) is 1.66. The van der Waals surface area contributed by atoms with Crippen molar-refractivity contribution in [2.75, 3.05) is 26.7 Å². The predicted molar refractivity (Wildman–Crippen MR) is 102 cm³/mol. The third kappa shape index (κ3) is 2.73. The highest BCUT2D eigenvalue weighted by molar-refractivity contribution is 5.86. The maximum absolute atomic E-state index is 13.1. The molecule has 1 spiro atoms. The van der Waals surface area contributed by atoms with Gasteiger partial charge in [0.25, 0.3) is 0 Å². The second-order valence-corrected chi connectivity index (χ2v) is 8.50. The second-order valence-electron chi connectivity index (χ2n) is 8.50. The Balaban J connectivity index is 1.38. The molecule has 6 heteroatoms. The van der Waals surface area contributed by atoms with Crippen LogP contribution in [0.3, 0.4) is 0 Å². The minimum Gasteiger partial charge on any atom is -0.345 e. The van der Waals surface area contributed by atoms with Crippen LogP contribution in [0.15, 0.2) is 24.3 Å². The van der Waals surface area contributed by atoms with Crippen molar-refractivity contribution in [3.63, 3.8) is 0 Å². The monoisotopic (exact) mass is 366 g/mol. The summed E-state index contributed by atoms with van der Waals surface area (Å²) in [4.78, 5) is 34.4. The molecule has 0 bridgehead atoms. The fourth-order valence-corrected chi connectivity index (χ4v) is 4.88. The summed E-state index contributed by atoms with van der Waals surface area (Å²) in [5, 5.41) is 0. The van der Waals surface area contributed by atoms with Gasteiger partial charge in [-0.05, 0) is 44.2 Å². The molecular formula is C21H26N4O2. The number of imidazole rings is 1. The van der Waals surface area contributed by atoms with Crippen LogP contribution < -0.4 is 0 Å². The van der Waals surface area contributed by atoms with Gasteiger partial charge in [0, 0.05) is 32.6 Å². The molecule has 27 heavy (non-hydrogen) atoms. The van der Waals surface area contributed by atoms with Gasteiger partial charge in [0.1, 0.15) is 12.4 Å². The molecule has 142 valence electrons. The molecule has 1 aromatic carbocycles. The molecule has 5 rings (SSSR count). The SMILES string of the molecule is CN1CCCC2(CCN(C(=O)Cn3c(C4CC4)nc4ccccc43)C2)C1=O. The number of amides is 2. The van der Waals surface area contributed by atoms with Crippen LogP contribution in [0.4, 0.5) is 0 Å². The summed E-state index contributed by atoms with van der Waals surface area (Å²) >= 11 is 0. The van der Waals surface area contributed by atoms with E-state index in [1.165, 1.54) is 0 Å². The molecule has 0 radical (unpaired) electrons. The second kappa shape index (κ2) is 6.08. The zero-order chi connectivity index (χ0) is 18.6. The number of piperidine rings is 1. The van der Waals surface area contributed by atoms with Crippen LogP contribution in [0.1, 0.15) is 43.8 Å². The Kier molecular flexibility index (Phi) is 3.78. The maximum Gasteiger partial charge on any atom is 0.242 e. The Bertz CT molecular complexity index is 916. The summed E-state index contributed by atoms with van der Waals surface area (Å²) in [5.74, 6) is 1.87. The van der Waals surface area contributed by atoms with E-state index >= 15 is 0 Å². The molecule has 3 aliphatic rings. The first-order valence-corrected chi connectivity index (χ1v) is 10.1. The van der Waals surface area contributed by atoms with Gasteiger partial charge in [0.2, 0.25) is 11.8 Å². The predicted octanol–water partition coefficient (Wildman–Crippen LogP) is 2.38. The van der Waals surface area contributed by atoms with E-state index < -0.39 is 0 Å². The number of nitrogens with zero attached hydrogens (tertiary/aromatic N) is 4. The smallest absolute Gasteiger partial charge is 0.242 e. The number of carbonyl (C=O) groups excluding carboxylic acids is 2. The molecule has 2 aromatic rings. The van der Waals surface area contributed by atoms with E-state index in [-0.39, 0.29) is 17.2 Å². The first-order valence-electron chi connectivity index (χ1n) is 10.1. The largest absolute Gasteiger partial charge is 0.345 e. The van der Waals surface area contributed by atoms with Crippen molar-refractivity contribution in [1.29, 1.82) is 0 Å². The summed E-state index contributed by atoms with van der Waals surface area (Å²) in [6, 6.07) is 8.06. The maximum atomic E-state index is 13.1. The molecule has 0 N–H and O–H groups in total. The fourth-order valence-electron chi connectivity index (χ4n) is 4.88. The van der Waals surface area contributed by atoms with Crippen LogP contribution in [0, 0.1) is 5.41 Å². The molecule has 1 atom stereocenters. The van der Waals surface area contributed by atoms with Crippen LogP contribution >= 0.6 is 0 Å². The number of carbonyl (C=O) groups is 2. The molecule has 6 nitrogen and oxygen atoms in total. The lowest BCUT2D eigenvalue weighted by Gasteiger charge is -2.37. The van der Waals surface area contributed by atoms with Gasteiger partial charge < -0.3 is 14.4 Å². The number of likely N-dealkylation sites (tertiary alicyclic amines) is 2. The average molecular weight is 366 g/mol. The molecule has 1 aliphatic carbocycles. The Labute approximate surface area is 159 Å². The molecule has 3 fully saturated rings. The Morgan fingerprint density at radius 3 is 2.85 bits per heavy atom. The van der Waals surface area contributed by atoms with Gasteiger partial charge in [-0.25, -0.2) is 4.98 Å². The van der Waals surface area contributed by atoms with Gasteiger partial charge in [0.05, 0.1) is 16.4 Å². The van der Waals surface area contributed by atoms with Crippen LogP contribution in [-0.4, -0.2) is 57.8 Å². The molecule has 1 saturated carbocycles. The number of para-hydroxylation sites is 2. The van der Waals surface area contributed by atoms with Gasteiger partial charge in [-0.15, -0.1) is 0 Å². The van der Waals surface area contributed by atoms with Gasteiger partial charge >= 0.3 is 0 Å². The van der Waals surface area contributed by atoms with Crippen molar-refractivity contribution in [3.8, 4) is 0 Å². The van der Waals surface area contributed by atoms with Gasteiger partial charge in [-0.3, -0.25) is 9.59 Å². The minimum absolute atomic E-state index is 0.109. The summed E-state index contributed by atoms with van der Waals surface area (Å²) in [6.45, 7) is 2.41. The molecule has 3 heterocycles. The third-order valence-corrected chi connectivity index (χ3v) is 6.58. The van der Waals surface area contributed by atoms with Gasteiger partial charge in [0.15, 0.2) is 0 Å². The van der Waals surface area contributed by atoms with Crippen LogP contribution in [0.2, 0.25) is 0 Å². The van der Waals surface area contributed by atoms with Gasteiger partial charge in [-0.1, -0.05) is 12.1 Å². The van der Waals surface area contributed by atoms with Crippen LogP contribution in [0.5, 0.6) is 0 Å². The van der Waals surface area contributed by atoms with Crippen molar-refractivity contribution in [2.24, 2.45) is 5.41 Å². The quantitative estimate of drug-likeness (QED) is 0.838. The number of aromatic nitrogens is 2. The third-order valence-electron chi connectivity index (χ3n) is 6.58. The van der Waals surface area contributed by atoms with Crippen molar-refractivity contribution in [1.82, 2.24) is 19.4 Å². The normalized spacial score (nSPS) is 25.7. The lowest BCUT2D eigenvalue weighted by molar-refractivity contribution is -0.144. The van der Waals surface area contributed by atoms with E-state index in [2.05, 4.69) is 4.57 Å². The minimum atomic E-state index is -0.348. The molecule has 1 unspecified atom stereocenters. The van der Waals surface area contributed by atoms with Crippen molar-refractivity contribution < 1.29 is 9.59 Å². The topological polar surface area (TPSA) is 58.4 Å². The van der Waals surface area contributed by atoms with Crippen molar-refractivity contribution in [2.45, 2.75) is 44.6 Å². The number of fused-ring (bicyclic) bond motifs is 1. The first-order chi connectivity index (χ1) is 13.1. The summed E-state index contributed by atoms with van der Waals surface area (Å²) < 4.78 is 2.11.